The van der Waals surface area contributed by atoms with Gasteiger partial charge in [0.25, 0.3) is 0 Å². The van der Waals surface area contributed by atoms with Crippen LogP contribution in [-0.4, -0.2) is 24.0 Å². The first-order valence-electron chi connectivity index (χ1n) is 4.42. The van der Waals surface area contributed by atoms with E-state index in [-0.39, 0.29) is 17.5 Å². The first kappa shape index (κ1) is 11.4. The summed E-state index contributed by atoms with van der Waals surface area (Å²) in [5.74, 6) is 0.0596. The lowest BCUT2D eigenvalue weighted by Gasteiger charge is -2.23. The van der Waals surface area contributed by atoms with Gasteiger partial charge in [-0.3, -0.25) is 4.79 Å². The van der Waals surface area contributed by atoms with E-state index in [0.717, 1.165) is 6.54 Å². The van der Waals surface area contributed by atoms with Gasteiger partial charge < -0.3 is 10.6 Å². The molecule has 0 aliphatic heterocycles. The number of amides is 1. The third-order valence-electron chi connectivity index (χ3n) is 1.40. The molecule has 12 heavy (non-hydrogen) atoms. The Hall–Kier alpha value is -0.570. The normalized spacial score (nSPS) is 14.1. The lowest BCUT2D eigenvalue weighted by molar-refractivity contribution is -0.124. The summed E-state index contributed by atoms with van der Waals surface area (Å²) in [5.41, 5.74) is -0.138. The predicted octanol–water partition coefficient (Wildman–Crippen LogP) is 0.899. The van der Waals surface area contributed by atoms with Gasteiger partial charge >= 0.3 is 0 Å². The second-order valence-corrected chi connectivity index (χ2v) is 4.02. The van der Waals surface area contributed by atoms with Crippen LogP contribution in [0, 0.1) is 0 Å². The van der Waals surface area contributed by atoms with Crippen molar-refractivity contribution >= 4 is 5.91 Å². The van der Waals surface area contributed by atoms with Crippen molar-refractivity contribution in [2.75, 3.05) is 6.54 Å². The highest BCUT2D eigenvalue weighted by Gasteiger charge is 2.17. The number of carbonyl (C=O) groups excluding carboxylic acids is 1. The van der Waals surface area contributed by atoms with Crippen LogP contribution in [0.5, 0.6) is 0 Å². The van der Waals surface area contributed by atoms with Gasteiger partial charge in [-0.15, -0.1) is 0 Å². The largest absolute Gasteiger partial charge is 0.350 e. The summed E-state index contributed by atoms with van der Waals surface area (Å²) in [5, 5.41) is 5.96. The summed E-state index contributed by atoms with van der Waals surface area (Å²) in [6.45, 7) is 10.6. The van der Waals surface area contributed by atoms with Crippen LogP contribution in [0.25, 0.3) is 0 Å². The van der Waals surface area contributed by atoms with Crippen molar-refractivity contribution in [1.29, 1.82) is 0 Å². The van der Waals surface area contributed by atoms with Gasteiger partial charge in [0.05, 0.1) is 6.04 Å². The van der Waals surface area contributed by atoms with Crippen LogP contribution >= 0.6 is 0 Å². The molecule has 3 nitrogen and oxygen atoms in total. The molecular weight excluding hydrogens is 152 g/mol. The van der Waals surface area contributed by atoms with Crippen molar-refractivity contribution in [2.24, 2.45) is 0 Å². The van der Waals surface area contributed by atoms with Crippen molar-refractivity contribution < 1.29 is 4.79 Å². The average Bonchev–Trinajstić information content (AvgIpc) is 1.84. The van der Waals surface area contributed by atoms with Gasteiger partial charge in [-0.1, -0.05) is 6.92 Å². The van der Waals surface area contributed by atoms with Gasteiger partial charge in [-0.05, 0) is 34.2 Å². The van der Waals surface area contributed by atoms with Gasteiger partial charge in [0.1, 0.15) is 0 Å². The Morgan fingerprint density at radius 1 is 1.42 bits per heavy atom. The van der Waals surface area contributed by atoms with Crippen LogP contribution in [0.2, 0.25) is 0 Å². The van der Waals surface area contributed by atoms with Crippen LogP contribution in [0.1, 0.15) is 34.6 Å². The number of likely N-dealkylation sites (N-methyl/N-ethyl adjacent to an activating group) is 1. The molecule has 0 rings (SSSR count). The van der Waals surface area contributed by atoms with E-state index in [0.29, 0.717) is 0 Å². The highest BCUT2D eigenvalue weighted by molar-refractivity contribution is 5.81. The van der Waals surface area contributed by atoms with Crippen LogP contribution < -0.4 is 10.6 Å². The Morgan fingerprint density at radius 2 is 1.92 bits per heavy atom. The molecule has 0 spiro atoms. The minimum atomic E-state index is -0.138. The van der Waals surface area contributed by atoms with E-state index < -0.39 is 0 Å². The molecule has 0 saturated heterocycles. The number of nitrogens with one attached hydrogen (secondary N) is 2. The molecule has 3 heteroatoms. The highest BCUT2D eigenvalue weighted by atomic mass is 16.2. The summed E-state index contributed by atoms with van der Waals surface area (Å²) in [6.07, 6.45) is 0. The lowest BCUT2D eigenvalue weighted by Crippen LogP contribution is -2.49. The fraction of sp³-hybridized carbons (Fsp3) is 0.889. The predicted molar refractivity (Wildman–Crippen MR) is 51.0 cm³/mol. The van der Waals surface area contributed by atoms with E-state index >= 15 is 0 Å². The molecule has 0 aliphatic carbocycles. The van der Waals surface area contributed by atoms with Crippen LogP contribution in [0.4, 0.5) is 0 Å². The fourth-order valence-electron chi connectivity index (χ4n) is 0.877. The Bertz CT molecular complexity index is 149. The zero-order valence-corrected chi connectivity index (χ0v) is 8.69. The molecule has 1 amide bonds. The summed E-state index contributed by atoms with van der Waals surface area (Å²) >= 11 is 0. The second kappa shape index (κ2) is 4.45. The van der Waals surface area contributed by atoms with Crippen LogP contribution in [0.3, 0.4) is 0 Å². The maximum absolute atomic E-state index is 11.4. The molecule has 2 N–H and O–H groups in total. The van der Waals surface area contributed by atoms with Crippen LogP contribution in [-0.2, 0) is 4.79 Å². The molecule has 0 saturated carbocycles. The van der Waals surface area contributed by atoms with E-state index in [2.05, 4.69) is 10.6 Å². The molecule has 0 aromatic carbocycles. The smallest absolute Gasteiger partial charge is 0.237 e. The van der Waals surface area contributed by atoms with Crippen molar-refractivity contribution in [3.8, 4) is 0 Å². The third-order valence-corrected chi connectivity index (χ3v) is 1.40. The summed E-state index contributed by atoms with van der Waals surface area (Å²) in [6, 6.07) is -0.103. The van der Waals surface area contributed by atoms with E-state index in [1.54, 1.807) is 0 Å². The molecule has 0 heterocycles. The Labute approximate surface area is 74.9 Å². The number of hydrogen-bond acceptors (Lipinski definition) is 2. The Kier molecular flexibility index (Phi) is 4.24. The average molecular weight is 172 g/mol. The van der Waals surface area contributed by atoms with Gasteiger partial charge in [0.15, 0.2) is 0 Å². The maximum Gasteiger partial charge on any atom is 0.237 e. The topological polar surface area (TPSA) is 41.1 Å². The molecule has 0 aromatic rings. The molecule has 0 aliphatic rings. The molecule has 0 bridgehead atoms. The molecule has 1 unspecified atom stereocenters. The first-order valence-corrected chi connectivity index (χ1v) is 4.42. The molecule has 72 valence electrons. The first-order chi connectivity index (χ1) is 5.37. The lowest BCUT2D eigenvalue weighted by atomic mass is 10.1. The van der Waals surface area contributed by atoms with Crippen molar-refractivity contribution in [2.45, 2.75) is 46.2 Å². The zero-order valence-electron chi connectivity index (χ0n) is 8.69. The molecule has 0 radical (unpaired) electrons. The molecule has 0 fully saturated rings. The number of rotatable bonds is 3. The van der Waals surface area contributed by atoms with Gasteiger partial charge in [0, 0.05) is 5.54 Å². The quantitative estimate of drug-likeness (QED) is 0.664. The maximum atomic E-state index is 11.4. The van der Waals surface area contributed by atoms with Gasteiger partial charge in [0.2, 0.25) is 5.91 Å². The van der Waals surface area contributed by atoms with Gasteiger partial charge in [-0.2, -0.15) is 0 Å². The minimum Gasteiger partial charge on any atom is -0.350 e. The number of hydrogen-bond donors (Lipinski definition) is 2. The monoisotopic (exact) mass is 172 g/mol. The summed E-state index contributed by atoms with van der Waals surface area (Å²) in [7, 11) is 0. The molecule has 1 atom stereocenters. The Balaban J connectivity index is 3.87. The van der Waals surface area contributed by atoms with Crippen molar-refractivity contribution in [3.63, 3.8) is 0 Å². The number of carbonyl (C=O) groups is 1. The van der Waals surface area contributed by atoms with Crippen molar-refractivity contribution in [3.05, 3.63) is 0 Å². The molecular formula is C9H20N2O. The SMILES string of the molecule is CCNC(C)C(=O)NC(C)(C)C. The van der Waals surface area contributed by atoms with Gasteiger partial charge in [-0.25, -0.2) is 0 Å². The molecule has 0 aromatic heterocycles. The fourth-order valence-corrected chi connectivity index (χ4v) is 0.877. The minimum absolute atomic E-state index is 0.0596. The zero-order chi connectivity index (χ0) is 9.78. The highest BCUT2D eigenvalue weighted by Crippen LogP contribution is 1.98. The summed E-state index contributed by atoms with van der Waals surface area (Å²) in [4.78, 5) is 11.4. The van der Waals surface area contributed by atoms with E-state index in [1.165, 1.54) is 0 Å². The van der Waals surface area contributed by atoms with Crippen molar-refractivity contribution in [1.82, 2.24) is 10.6 Å². The second-order valence-electron chi connectivity index (χ2n) is 4.02. The van der Waals surface area contributed by atoms with E-state index in [1.807, 2.05) is 34.6 Å². The van der Waals surface area contributed by atoms with Crippen LogP contribution in [0.15, 0.2) is 0 Å². The van der Waals surface area contributed by atoms with E-state index in [9.17, 15) is 4.79 Å². The Morgan fingerprint density at radius 3 is 2.25 bits per heavy atom. The summed E-state index contributed by atoms with van der Waals surface area (Å²) < 4.78 is 0. The third kappa shape index (κ3) is 5.13. The standard InChI is InChI=1S/C9H20N2O/c1-6-10-7(2)8(12)11-9(3,4)5/h7,10H,6H2,1-5H3,(H,11,12). The van der Waals surface area contributed by atoms with E-state index in [4.69, 9.17) is 0 Å².